The van der Waals surface area contributed by atoms with Crippen LogP contribution in [0.1, 0.15) is 15.9 Å². The van der Waals surface area contributed by atoms with Gasteiger partial charge in [-0.05, 0) is 62.8 Å². The van der Waals surface area contributed by atoms with Crippen LogP contribution in [-0.4, -0.2) is 23.0 Å². The normalized spacial score (nSPS) is 10.3. The lowest BCUT2D eigenvalue weighted by atomic mass is 10.1. The van der Waals surface area contributed by atoms with E-state index < -0.39 is 0 Å². The van der Waals surface area contributed by atoms with E-state index in [9.17, 15) is 9.90 Å². The highest BCUT2D eigenvalue weighted by Gasteiger charge is 2.16. The van der Waals surface area contributed by atoms with Gasteiger partial charge >= 0.3 is 0 Å². The molecule has 0 saturated heterocycles. The molecule has 2 rings (SSSR count). The minimum atomic E-state index is -0.0846. The van der Waals surface area contributed by atoms with E-state index in [1.807, 2.05) is 30.3 Å². The van der Waals surface area contributed by atoms with Crippen LogP contribution in [-0.2, 0) is 6.54 Å². The standard InChI is InChI=1S/C15H13BrINO2/c1-18(9-10-4-2-3-5-14(10)19)15(20)12-8-11(17)6-7-13(12)16/h2-8,19H,9H2,1H3. The Balaban J connectivity index is 2.21. The largest absolute Gasteiger partial charge is 0.508 e. The molecule has 0 saturated carbocycles. The predicted molar refractivity (Wildman–Crippen MR) is 90.8 cm³/mol. The molecule has 0 aromatic heterocycles. The van der Waals surface area contributed by atoms with Crippen molar-refractivity contribution in [2.75, 3.05) is 7.05 Å². The van der Waals surface area contributed by atoms with E-state index in [1.165, 1.54) is 0 Å². The number of rotatable bonds is 3. The van der Waals surface area contributed by atoms with E-state index in [1.54, 1.807) is 24.1 Å². The molecule has 5 heteroatoms. The molecule has 0 aliphatic rings. The average molecular weight is 446 g/mol. The molecule has 0 aliphatic heterocycles. The lowest BCUT2D eigenvalue weighted by Crippen LogP contribution is -2.26. The molecule has 1 N–H and O–H groups in total. The van der Waals surface area contributed by atoms with Gasteiger partial charge in [0.2, 0.25) is 0 Å². The van der Waals surface area contributed by atoms with Crippen molar-refractivity contribution in [2.24, 2.45) is 0 Å². The van der Waals surface area contributed by atoms with Crippen molar-refractivity contribution in [1.82, 2.24) is 4.90 Å². The number of nitrogens with zero attached hydrogens (tertiary/aromatic N) is 1. The zero-order chi connectivity index (χ0) is 14.7. The molecular formula is C15H13BrINO2. The minimum Gasteiger partial charge on any atom is -0.508 e. The molecule has 0 aliphatic carbocycles. The van der Waals surface area contributed by atoms with Gasteiger partial charge < -0.3 is 10.0 Å². The maximum atomic E-state index is 12.4. The zero-order valence-electron chi connectivity index (χ0n) is 10.8. The van der Waals surface area contributed by atoms with Gasteiger partial charge in [0.25, 0.3) is 5.91 Å². The van der Waals surface area contributed by atoms with Gasteiger partial charge in [0.1, 0.15) is 5.75 Å². The summed E-state index contributed by atoms with van der Waals surface area (Å²) in [4.78, 5) is 14.0. The molecule has 20 heavy (non-hydrogen) atoms. The molecule has 0 bridgehead atoms. The van der Waals surface area contributed by atoms with E-state index >= 15 is 0 Å². The van der Waals surface area contributed by atoms with Gasteiger partial charge in [0.05, 0.1) is 5.56 Å². The second kappa shape index (κ2) is 6.58. The van der Waals surface area contributed by atoms with Crippen LogP contribution in [0.15, 0.2) is 46.9 Å². The number of carbonyl (C=O) groups excluding carboxylic acids is 1. The second-order valence-corrected chi connectivity index (χ2v) is 6.51. The van der Waals surface area contributed by atoms with E-state index in [-0.39, 0.29) is 11.7 Å². The monoisotopic (exact) mass is 445 g/mol. The molecule has 0 fully saturated rings. The topological polar surface area (TPSA) is 40.5 Å². The highest BCUT2D eigenvalue weighted by atomic mass is 127. The molecular weight excluding hydrogens is 433 g/mol. The summed E-state index contributed by atoms with van der Waals surface area (Å²) in [5.74, 6) is 0.118. The summed E-state index contributed by atoms with van der Waals surface area (Å²) >= 11 is 5.58. The third-order valence-electron chi connectivity index (χ3n) is 2.90. The number of para-hydroxylation sites is 1. The quantitative estimate of drug-likeness (QED) is 0.724. The summed E-state index contributed by atoms with van der Waals surface area (Å²) in [6.07, 6.45) is 0. The average Bonchev–Trinajstić information content (AvgIpc) is 2.43. The Kier molecular flexibility index (Phi) is 5.04. The van der Waals surface area contributed by atoms with Gasteiger partial charge in [-0.3, -0.25) is 4.79 Å². The molecule has 0 heterocycles. The Bertz CT molecular complexity index is 646. The van der Waals surface area contributed by atoms with E-state index in [4.69, 9.17) is 0 Å². The van der Waals surface area contributed by atoms with E-state index in [0.29, 0.717) is 12.1 Å². The third-order valence-corrected chi connectivity index (χ3v) is 4.27. The van der Waals surface area contributed by atoms with Crippen LogP contribution in [0, 0.1) is 3.57 Å². The Hall–Kier alpha value is -1.08. The fourth-order valence-corrected chi connectivity index (χ4v) is 2.75. The van der Waals surface area contributed by atoms with Gasteiger partial charge in [0, 0.05) is 27.2 Å². The summed E-state index contributed by atoms with van der Waals surface area (Å²) in [6, 6.07) is 12.7. The number of hydrogen-bond donors (Lipinski definition) is 1. The van der Waals surface area contributed by atoms with Crippen molar-refractivity contribution in [3.63, 3.8) is 0 Å². The Morgan fingerprint density at radius 2 is 2.00 bits per heavy atom. The maximum absolute atomic E-state index is 12.4. The van der Waals surface area contributed by atoms with Crippen LogP contribution in [0.5, 0.6) is 5.75 Å². The maximum Gasteiger partial charge on any atom is 0.255 e. The second-order valence-electron chi connectivity index (χ2n) is 4.41. The first-order valence-corrected chi connectivity index (χ1v) is 7.83. The molecule has 0 unspecified atom stereocenters. The lowest BCUT2D eigenvalue weighted by Gasteiger charge is -2.19. The minimum absolute atomic E-state index is 0.0846. The van der Waals surface area contributed by atoms with E-state index in [2.05, 4.69) is 38.5 Å². The fraction of sp³-hybridized carbons (Fsp3) is 0.133. The van der Waals surface area contributed by atoms with Crippen molar-refractivity contribution in [2.45, 2.75) is 6.54 Å². The Labute approximate surface area is 139 Å². The van der Waals surface area contributed by atoms with Crippen LogP contribution in [0.3, 0.4) is 0 Å². The first-order valence-electron chi connectivity index (χ1n) is 5.96. The van der Waals surface area contributed by atoms with Gasteiger partial charge in [-0.15, -0.1) is 0 Å². The van der Waals surface area contributed by atoms with Crippen molar-refractivity contribution < 1.29 is 9.90 Å². The number of amides is 1. The van der Waals surface area contributed by atoms with Crippen LogP contribution in [0.25, 0.3) is 0 Å². The molecule has 2 aromatic carbocycles. The molecule has 2 aromatic rings. The third kappa shape index (κ3) is 3.52. The number of benzene rings is 2. The zero-order valence-corrected chi connectivity index (χ0v) is 14.6. The summed E-state index contributed by atoms with van der Waals surface area (Å²) in [5.41, 5.74) is 1.35. The van der Waals surface area contributed by atoms with Crippen molar-refractivity contribution in [3.8, 4) is 5.75 Å². The molecule has 0 radical (unpaired) electrons. The molecule has 1 amide bonds. The first kappa shape index (κ1) is 15.3. The Morgan fingerprint density at radius 1 is 1.30 bits per heavy atom. The van der Waals surface area contributed by atoms with Crippen molar-refractivity contribution in [1.29, 1.82) is 0 Å². The summed E-state index contributed by atoms with van der Waals surface area (Å²) < 4.78 is 1.78. The SMILES string of the molecule is CN(Cc1ccccc1O)C(=O)c1cc(I)ccc1Br. The molecule has 0 atom stereocenters. The van der Waals surface area contributed by atoms with E-state index in [0.717, 1.165) is 13.6 Å². The highest BCUT2D eigenvalue weighted by molar-refractivity contribution is 14.1. The summed E-state index contributed by atoms with van der Waals surface area (Å²) in [6.45, 7) is 0.365. The predicted octanol–water partition coefficient (Wildman–Crippen LogP) is 4.03. The first-order chi connectivity index (χ1) is 9.49. The van der Waals surface area contributed by atoms with Crippen LogP contribution in [0.2, 0.25) is 0 Å². The van der Waals surface area contributed by atoms with Crippen LogP contribution in [0.4, 0.5) is 0 Å². The van der Waals surface area contributed by atoms with Gasteiger partial charge in [0.15, 0.2) is 0 Å². The van der Waals surface area contributed by atoms with Gasteiger partial charge in [-0.2, -0.15) is 0 Å². The number of phenolic OH excluding ortho intramolecular Hbond substituents is 1. The lowest BCUT2D eigenvalue weighted by molar-refractivity contribution is 0.0783. The smallest absolute Gasteiger partial charge is 0.255 e. The van der Waals surface area contributed by atoms with Crippen molar-refractivity contribution in [3.05, 3.63) is 61.6 Å². The number of phenols is 1. The number of hydrogen-bond acceptors (Lipinski definition) is 2. The highest BCUT2D eigenvalue weighted by Crippen LogP contribution is 2.23. The summed E-state index contributed by atoms with van der Waals surface area (Å²) in [7, 11) is 1.72. The molecule has 0 spiro atoms. The number of carbonyl (C=O) groups is 1. The molecule has 3 nitrogen and oxygen atoms in total. The number of halogens is 2. The van der Waals surface area contributed by atoms with Crippen LogP contribution >= 0.6 is 38.5 Å². The van der Waals surface area contributed by atoms with Gasteiger partial charge in [-0.25, -0.2) is 0 Å². The molecule has 104 valence electrons. The Morgan fingerprint density at radius 3 is 2.70 bits per heavy atom. The fourth-order valence-electron chi connectivity index (χ4n) is 1.84. The van der Waals surface area contributed by atoms with Crippen molar-refractivity contribution >= 4 is 44.4 Å². The van der Waals surface area contributed by atoms with Gasteiger partial charge in [-0.1, -0.05) is 18.2 Å². The summed E-state index contributed by atoms with van der Waals surface area (Å²) in [5, 5.41) is 9.76. The number of aromatic hydroxyl groups is 1. The van der Waals surface area contributed by atoms with Crippen LogP contribution < -0.4 is 0 Å².